The second-order valence-corrected chi connectivity index (χ2v) is 4.75. The molecule has 0 spiro atoms. The number of rotatable bonds is 4. The van der Waals surface area contributed by atoms with Crippen LogP contribution < -0.4 is 0 Å². The summed E-state index contributed by atoms with van der Waals surface area (Å²) in [6.45, 7) is 0.293. The maximum absolute atomic E-state index is 10.8. The molecule has 106 valence electrons. The van der Waals surface area contributed by atoms with E-state index in [0.717, 1.165) is 11.0 Å². The molecule has 0 bridgehead atoms. The topological polar surface area (TPSA) is 81.2 Å². The van der Waals surface area contributed by atoms with Gasteiger partial charge in [0.2, 0.25) is 0 Å². The summed E-state index contributed by atoms with van der Waals surface area (Å²) in [6, 6.07) is 13.7. The molecule has 21 heavy (non-hydrogen) atoms. The van der Waals surface area contributed by atoms with E-state index in [1.54, 1.807) is 18.5 Å². The van der Waals surface area contributed by atoms with Crippen LogP contribution >= 0.6 is 0 Å². The van der Waals surface area contributed by atoms with Crippen molar-refractivity contribution in [2.24, 2.45) is 0 Å². The van der Waals surface area contributed by atoms with Crippen molar-refractivity contribution >= 4 is 16.7 Å². The molecule has 3 rings (SSSR count). The fourth-order valence-corrected chi connectivity index (χ4v) is 2.29. The molecule has 6 nitrogen and oxygen atoms in total. The zero-order valence-corrected chi connectivity index (χ0v) is 11.1. The third-order valence-corrected chi connectivity index (χ3v) is 3.36. The van der Waals surface area contributed by atoms with E-state index in [0.29, 0.717) is 12.1 Å². The monoisotopic (exact) mass is 283 g/mol. The quantitative estimate of drug-likeness (QED) is 0.589. The van der Waals surface area contributed by atoms with Crippen molar-refractivity contribution in [1.82, 2.24) is 9.55 Å². The molecule has 1 heterocycles. The first-order valence-electron chi connectivity index (χ1n) is 6.47. The zero-order valence-electron chi connectivity index (χ0n) is 11.1. The predicted molar refractivity (Wildman–Crippen MR) is 77.8 cm³/mol. The average Bonchev–Trinajstić information content (AvgIpc) is 2.91. The first-order valence-corrected chi connectivity index (χ1v) is 6.47. The number of non-ortho nitro benzene ring substituents is 1. The van der Waals surface area contributed by atoms with E-state index in [-0.39, 0.29) is 5.69 Å². The number of hydrogen-bond acceptors (Lipinski definition) is 4. The summed E-state index contributed by atoms with van der Waals surface area (Å²) >= 11 is 0. The van der Waals surface area contributed by atoms with E-state index >= 15 is 0 Å². The molecule has 0 aliphatic rings. The number of nitro groups is 1. The number of nitrogens with zero attached hydrogens (tertiary/aromatic N) is 3. The fourth-order valence-electron chi connectivity index (χ4n) is 2.29. The number of nitro benzene ring substituents is 1. The van der Waals surface area contributed by atoms with Crippen LogP contribution in [0, 0.1) is 10.1 Å². The summed E-state index contributed by atoms with van der Waals surface area (Å²) in [6.07, 6.45) is 0.827. The van der Waals surface area contributed by atoms with Crippen molar-refractivity contribution in [2.75, 3.05) is 0 Å². The van der Waals surface area contributed by atoms with E-state index in [2.05, 4.69) is 4.98 Å². The number of hydrogen-bond donors (Lipinski definition) is 1. The van der Waals surface area contributed by atoms with Gasteiger partial charge in [-0.3, -0.25) is 10.1 Å². The molecule has 0 aliphatic carbocycles. The molecule has 0 fully saturated rings. The third kappa shape index (κ3) is 2.61. The molecule has 0 saturated heterocycles. The first-order chi connectivity index (χ1) is 10.1. The Hall–Kier alpha value is -2.73. The largest absolute Gasteiger partial charge is 0.387 e. The molecule has 1 aromatic heterocycles. The molecule has 0 radical (unpaired) electrons. The lowest BCUT2D eigenvalue weighted by Gasteiger charge is -2.12. The van der Waals surface area contributed by atoms with Crippen LogP contribution in [0.4, 0.5) is 5.69 Å². The van der Waals surface area contributed by atoms with Gasteiger partial charge >= 0.3 is 0 Å². The van der Waals surface area contributed by atoms with Gasteiger partial charge in [0.15, 0.2) is 0 Å². The van der Waals surface area contributed by atoms with E-state index in [1.807, 2.05) is 28.8 Å². The number of benzene rings is 2. The third-order valence-electron chi connectivity index (χ3n) is 3.36. The number of para-hydroxylation sites is 2. The Bertz CT molecular complexity index is 797. The van der Waals surface area contributed by atoms with E-state index in [4.69, 9.17) is 0 Å². The summed E-state index contributed by atoms with van der Waals surface area (Å²) in [7, 11) is 0. The molecule has 1 atom stereocenters. The van der Waals surface area contributed by atoms with Crippen LogP contribution in [0.1, 0.15) is 11.7 Å². The maximum atomic E-state index is 10.8. The van der Waals surface area contributed by atoms with Crippen molar-refractivity contribution in [3.05, 3.63) is 70.5 Å². The van der Waals surface area contributed by atoms with Crippen LogP contribution in [0.15, 0.2) is 54.9 Å². The van der Waals surface area contributed by atoms with Crippen molar-refractivity contribution in [3.63, 3.8) is 0 Å². The molecule has 0 aliphatic heterocycles. The second-order valence-electron chi connectivity index (χ2n) is 4.75. The minimum atomic E-state index is -0.831. The zero-order chi connectivity index (χ0) is 14.8. The Morgan fingerprint density at radius 2 is 2.05 bits per heavy atom. The number of aromatic nitrogens is 2. The summed E-state index contributed by atoms with van der Waals surface area (Å²) in [4.78, 5) is 14.6. The normalized spacial score (nSPS) is 12.4. The molecule has 3 aromatic rings. The highest BCUT2D eigenvalue weighted by Crippen LogP contribution is 2.22. The Morgan fingerprint density at radius 1 is 1.24 bits per heavy atom. The van der Waals surface area contributed by atoms with E-state index < -0.39 is 11.0 Å². The van der Waals surface area contributed by atoms with Crippen LogP contribution in [0.2, 0.25) is 0 Å². The Labute approximate surface area is 120 Å². The van der Waals surface area contributed by atoms with Crippen LogP contribution in [-0.2, 0) is 6.54 Å². The van der Waals surface area contributed by atoms with Gasteiger partial charge in [-0.2, -0.15) is 0 Å². The van der Waals surface area contributed by atoms with Crippen molar-refractivity contribution in [1.29, 1.82) is 0 Å². The van der Waals surface area contributed by atoms with Crippen LogP contribution in [0.3, 0.4) is 0 Å². The second kappa shape index (κ2) is 5.34. The van der Waals surface area contributed by atoms with Crippen molar-refractivity contribution in [2.45, 2.75) is 12.6 Å². The Morgan fingerprint density at radius 3 is 2.86 bits per heavy atom. The molecule has 0 saturated carbocycles. The van der Waals surface area contributed by atoms with Crippen molar-refractivity contribution < 1.29 is 10.0 Å². The highest BCUT2D eigenvalue weighted by Gasteiger charge is 2.14. The lowest BCUT2D eigenvalue weighted by molar-refractivity contribution is -0.385. The number of aliphatic hydroxyl groups excluding tert-OH is 1. The summed E-state index contributed by atoms with van der Waals surface area (Å²) in [5.41, 5.74) is 2.26. The summed E-state index contributed by atoms with van der Waals surface area (Å²) in [5, 5.41) is 21.1. The van der Waals surface area contributed by atoms with Gasteiger partial charge in [-0.05, 0) is 17.7 Å². The number of imidazole rings is 1. The lowest BCUT2D eigenvalue weighted by Crippen LogP contribution is -2.08. The van der Waals surface area contributed by atoms with Gasteiger partial charge in [0, 0.05) is 12.1 Å². The minimum absolute atomic E-state index is 0.0259. The number of fused-ring (bicyclic) bond motifs is 1. The van der Waals surface area contributed by atoms with Gasteiger partial charge in [0.1, 0.15) is 0 Å². The van der Waals surface area contributed by atoms with Gasteiger partial charge in [-0.15, -0.1) is 0 Å². The predicted octanol–water partition coefficient (Wildman–Crippen LogP) is 2.68. The molecular formula is C15H13N3O3. The van der Waals surface area contributed by atoms with Gasteiger partial charge in [-0.25, -0.2) is 4.98 Å². The van der Waals surface area contributed by atoms with Gasteiger partial charge in [0.25, 0.3) is 5.69 Å². The molecule has 0 amide bonds. The van der Waals surface area contributed by atoms with Gasteiger partial charge in [-0.1, -0.05) is 24.3 Å². The van der Waals surface area contributed by atoms with Gasteiger partial charge in [0.05, 0.1) is 34.9 Å². The summed E-state index contributed by atoms with van der Waals surface area (Å²) < 4.78 is 1.83. The molecule has 6 heteroatoms. The Balaban J connectivity index is 1.87. The highest BCUT2D eigenvalue weighted by molar-refractivity contribution is 5.74. The van der Waals surface area contributed by atoms with Crippen LogP contribution in [0.5, 0.6) is 0 Å². The fraction of sp³-hybridized carbons (Fsp3) is 0.133. The highest BCUT2D eigenvalue weighted by atomic mass is 16.6. The summed E-state index contributed by atoms with van der Waals surface area (Å²) in [5.74, 6) is 0. The van der Waals surface area contributed by atoms with Crippen LogP contribution in [0.25, 0.3) is 11.0 Å². The smallest absolute Gasteiger partial charge is 0.269 e. The minimum Gasteiger partial charge on any atom is -0.387 e. The van der Waals surface area contributed by atoms with Crippen LogP contribution in [-0.4, -0.2) is 19.6 Å². The average molecular weight is 283 g/mol. The number of aliphatic hydroxyl groups is 1. The molecule has 1 N–H and O–H groups in total. The SMILES string of the molecule is O=[N+]([O-])c1cccc(C(O)Cn2cnc3ccccc32)c1. The van der Waals surface area contributed by atoms with Gasteiger partial charge < -0.3 is 9.67 Å². The molecular weight excluding hydrogens is 270 g/mol. The van der Waals surface area contributed by atoms with E-state index in [9.17, 15) is 15.2 Å². The maximum Gasteiger partial charge on any atom is 0.269 e. The molecule has 2 aromatic carbocycles. The standard InChI is InChI=1S/C15H13N3O3/c19-15(11-4-3-5-12(8-11)18(20)21)9-17-10-16-13-6-1-2-7-14(13)17/h1-8,10,15,19H,9H2. The lowest BCUT2D eigenvalue weighted by atomic mass is 10.1. The van der Waals surface area contributed by atoms with Crippen molar-refractivity contribution in [3.8, 4) is 0 Å². The first kappa shape index (κ1) is 13.3. The Kier molecular flexibility index (Phi) is 3.37. The van der Waals surface area contributed by atoms with E-state index in [1.165, 1.54) is 12.1 Å². The molecule has 1 unspecified atom stereocenters.